The van der Waals surface area contributed by atoms with Crippen molar-refractivity contribution in [2.24, 2.45) is 0 Å². The first-order chi connectivity index (χ1) is 6.04. The van der Waals surface area contributed by atoms with Gasteiger partial charge in [0.2, 0.25) is 0 Å². The number of carbonyl (C=O) groups is 1. The average molecular weight is 246 g/mol. The number of sulfone groups is 1. The van der Waals surface area contributed by atoms with Gasteiger partial charge in [0.25, 0.3) is 10.1 Å². The fourth-order valence-electron chi connectivity index (χ4n) is 0.691. The average Bonchev–Trinajstić information content (AvgIpc) is 1.79. The first kappa shape index (κ1) is 13.3. The Labute approximate surface area is 81.4 Å². The van der Waals surface area contributed by atoms with E-state index >= 15 is 0 Å². The molecular formula is C5H10O7S2. The monoisotopic (exact) mass is 246 g/mol. The van der Waals surface area contributed by atoms with Gasteiger partial charge in [-0.25, -0.2) is 8.42 Å². The van der Waals surface area contributed by atoms with Gasteiger partial charge in [0.05, 0.1) is 11.0 Å². The molecule has 2 N–H and O–H groups in total. The predicted molar refractivity (Wildman–Crippen MR) is 47.3 cm³/mol. The van der Waals surface area contributed by atoms with Crippen LogP contribution in [0.15, 0.2) is 0 Å². The van der Waals surface area contributed by atoms with Crippen molar-refractivity contribution >= 4 is 25.9 Å². The minimum atomic E-state index is -4.44. The molecule has 0 aliphatic carbocycles. The first-order valence-corrected chi connectivity index (χ1v) is 6.75. The zero-order valence-electron chi connectivity index (χ0n) is 7.24. The minimum absolute atomic E-state index is 0.905. The van der Waals surface area contributed by atoms with E-state index in [1.54, 1.807) is 0 Å². The fourth-order valence-corrected chi connectivity index (χ4v) is 3.21. The highest BCUT2D eigenvalue weighted by Gasteiger charge is 2.26. The molecule has 0 aliphatic heterocycles. The number of hydrogen-bond acceptors (Lipinski definition) is 5. The van der Waals surface area contributed by atoms with Gasteiger partial charge in [0.1, 0.15) is 5.75 Å². The third-order valence-corrected chi connectivity index (χ3v) is 4.43. The highest BCUT2D eigenvalue weighted by atomic mass is 32.2. The lowest BCUT2D eigenvalue weighted by Crippen LogP contribution is -2.29. The van der Waals surface area contributed by atoms with E-state index in [4.69, 9.17) is 9.66 Å². The molecule has 0 saturated heterocycles. The molecule has 0 aliphatic rings. The smallest absolute Gasteiger partial charge is 0.318 e. The molecule has 0 radical (unpaired) electrons. The van der Waals surface area contributed by atoms with Crippen molar-refractivity contribution in [3.05, 3.63) is 0 Å². The van der Waals surface area contributed by atoms with Crippen molar-refractivity contribution in [1.29, 1.82) is 0 Å². The Morgan fingerprint density at radius 1 is 1.29 bits per heavy atom. The summed E-state index contributed by atoms with van der Waals surface area (Å²) in [7, 11) is -8.45. The van der Waals surface area contributed by atoms with Crippen LogP contribution in [-0.4, -0.2) is 49.2 Å². The summed E-state index contributed by atoms with van der Waals surface area (Å²) in [4.78, 5) is 10.1. The van der Waals surface area contributed by atoms with Crippen molar-refractivity contribution < 1.29 is 31.3 Å². The third-order valence-electron chi connectivity index (χ3n) is 1.34. The zero-order valence-corrected chi connectivity index (χ0v) is 8.88. The maximum absolute atomic E-state index is 10.9. The number of carboxylic acids is 1. The van der Waals surface area contributed by atoms with Crippen LogP contribution in [0.1, 0.15) is 6.92 Å². The lowest BCUT2D eigenvalue weighted by molar-refractivity contribution is -0.134. The van der Waals surface area contributed by atoms with Crippen LogP contribution in [0.25, 0.3) is 0 Å². The highest BCUT2D eigenvalue weighted by molar-refractivity contribution is 7.94. The molecule has 0 bridgehead atoms. The van der Waals surface area contributed by atoms with E-state index in [-0.39, 0.29) is 0 Å². The second-order valence-corrected chi connectivity index (χ2v) is 6.72. The van der Waals surface area contributed by atoms with Crippen LogP contribution >= 0.6 is 0 Å². The molecular weight excluding hydrogens is 236 g/mol. The Bertz CT molecular complexity index is 403. The topological polar surface area (TPSA) is 126 Å². The summed E-state index contributed by atoms with van der Waals surface area (Å²) in [5, 5.41) is 6.65. The molecule has 7 nitrogen and oxygen atoms in total. The fraction of sp³-hybridized carbons (Fsp3) is 0.800. The minimum Gasteiger partial charge on any atom is -0.480 e. The Morgan fingerprint density at radius 2 is 1.71 bits per heavy atom. The highest BCUT2D eigenvalue weighted by Crippen LogP contribution is 2.03. The van der Waals surface area contributed by atoms with Gasteiger partial charge < -0.3 is 5.11 Å². The quantitative estimate of drug-likeness (QED) is 0.581. The Balaban J connectivity index is 4.62. The summed E-state index contributed by atoms with van der Waals surface area (Å²) >= 11 is 0. The van der Waals surface area contributed by atoms with Crippen molar-refractivity contribution in [2.45, 2.75) is 12.2 Å². The zero-order chi connectivity index (χ0) is 11.6. The van der Waals surface area contributed by atoms with Crippen molar-refractivity contribution in [2.75, 3.05) is 11.5 Å². The molecule has 0 aromatic heterocycles. The molecule has 0 aromatic carbocycles. The van der Waals surface area contributed by atoms with Crippen LogP contribution in [0.5, 0.6) is 0 Å². The molecule has 1 unspecified atom stereocenters. The van der Waals surface area contributed by atoms with Crippen molar-refractivity contribution in [1.82, 2.24) is 0 Å². The molecule has 0 amide bonds. The largest absolute Gasteiger partial charge is 0.480 e. The molecule has 1 atom stereocenters. The third kappa shape index (κ3) is 5.14. The number of rotatable bonds is 5. The number of hydrogen-bond donors (Lipinski definition) is 2. The standard InChI is InChI=1S/C5H10O7S2/c1-4(14(10,11)12)2-13(8,9)3-5(6)7/h4H,2-3H2,1H3,(H,6,7)(H,10,11,12). The van der Waals surface area contributed by atoms with Crippen LogP contribution in [-0.2, 0) is 24.7 Å². The van der Waals surface area contributed by atoms with Crippen LogP contribution in [0.3, 0.4) is 0 Å². The van der Waals surface area contributed by atoms with E-state index in [2.05, 4.69) is 0 Å². The summed E-state index contributed by atoms with van der Waals surface area (Å²) in [5.41, 5.74) is 0. The van der Waals surface area contributed by atoms with Gasteiger partial charge in [-0.1, -0.05) is 0 Å². The van der Waals surface area contributed by atoms with Gasteiger partial charge in [-0.05, 0) is 6.92 Å². The summed E-state index contributed by atoms with van der Waals surface area (Å²) in [6, 6.07) is 0. The molecule has 0 spiro atoms. The lowest BCUT2D eigenvalue weighted by atomic mass is 10.6. The van der Waals surface area contributed by atoms with E-state index in [9.17, 15) is 21.6 Å². The van der Waals surface area contributed by atoms with Gasteiger partial charge in [-0.15, -0.1) is 0 Å². The SMILES string of the molecule is CC(CS(=O)(=O)CC(=O)O)S(=O)(=O)O. The molecule has 14 heavy (non-hydrogen) atoms. The van der Waals surface area contributed by atoms with Crippen LogP contribution in [0, 0.1) is 0 Å². The van der Waals surface area contributed by atoms with Gasteiger partial charge in [-0.3, -0.25) is 9.35 Å². The van der Waals surface area contributed by atoms with Crippen LogP contribution in [0.4, 0.5) is 0 Å². The number of aliphatic carboxylic acids is 1. The predicted octanol–water partition coefficient (Wildman–Crippen LogP) is -1.24. The van der Waals surface area contributed by atoms with Gasteiger partial charge >= 0.3 is 5.97 Å². The van der Waals surface area contributed by atoms with Gasteiger partial charge in [0, 0.05) is 0 Å². The van der Waals surface area contributed by atoms with E-state index in [0.717, 1.165) is 6.92 Å². The van der Waals surface area contributed by atoms with Crippen LogP contribution < -0.4 is 0 Å². The number of carboxylic acid groups (broad SMARTS) is 1. The lowest BCUT2D eigenvalue weighted by Gasteiger charge is -2.06. The summed E-state index contributed by atoms with van der Waals surface area (Å²) < 4.78 is 51.2. The van der Waals surface area contributed by atoms with E-state index in [1.807, 2.05) is 0 Å². The van der Waals surface area contributed by atoms with E-state index in [1.165, 1.54) is 0 Å². The molecule has 9 heteroatoms. The van der Waals surface area contributed by atoms with Crippen molar-refractivity contribution in [3.63, 3.8) is 0 Å². The Hall–Kier alpha value is -0.670. The van der Waals surface area contributed by atoms with E-state index < -0.39 is 42.7 Å². The summed E-state index contributed by atoms with van der Waals surface area (Å²) in [6.45, 7) is 0.981. The normalized spacial score (nSPS) is 15.0. The second-order valence-electron chi connectivity index (χ2n) is 2.77. The maximum Gasteiger partial charge on any atom is 0.318 e. The Kier molecular flexibility index (Phi) is 4.03. The molecule has 0 saturated carbocycles. The second kappa shape index (κ2) is 4.24. The van der Waals surface area contributed by atoms with Crippen molar-refractivity contribution in [3.8, 4) is 0 Å². The molecule has 84 valence electrons. The van der Waals surface area contributed by atoms with Gasteiger partial charge in [0.15, 0.2) is 9.84 Å². The molecule has 0 fully saturated rings. The molecule has 0 aromatic rings. The first-order valence-electron chi connectivity index (χ1n) is 3.43. The van der Waals surface area contributed by atoms with E-state index in [0.29, 0.717) is 0 Å². The van der Waals surface area contributed by atoms with Crippen LogP contribution in [0.2, 0.25) is 0 Å². The van der Waals surface area contributed by atoms with Gasteiger partial charge in [-0.2, -0.15) is 8.42 Å². The summed E-state index contributed by atoms with van der Waals surface area (Å²) in [5.74, 6) is -3.61. The Morgan fingerprint density at radius 3 is 2.00 bits per heavy atom. The molecule has 0 heterocycles. The molecule has 0 rings (SSSR count). The summed E-state index contributed by atoms with van der Waals surface area (Å²) in [6.07, 6.45) is 0. The maximum atomic E-state index is 10.9.